The number of carbonyl (C=O) groups excluding carboxylic acids is 2. The van der Waals surface area contributed by atoms with Gasteiger partial charge in [-0.15, -0.1) is 5.10 Å². The van der Waals surface area contributed by atoms with Crippen LogP contribution in [0.5, 0.6) is 0 Å². The van der Waals surface area contributed by atoms with Crippen LogP contribution in [0.2, 0.25) is 0 Å². The molecule has 3 heterocycles. The molecule has 0 atom stereocenters. The van der Waals surface area contributed by atoms with Crippen LogP contribution >= 0.6 is 0 Å². The number of amides is 2. The lowest BCUT2D eigenvalue weighted by atomic mass is 10.1. The number of hydrogen-bond donors (Lipinski definition) is 2. The van der Waals surface area contributed by atoms with Crippen molar-refractivity contribution < 1.29 is 9.59 Å². The van der Waals surface area contributed by atoms with Crippen LogP contribution in [0.4, 0.5) is 0 Å². The van der Waals surface area contributed by atoms with Gasteiger partial charge in [-0.2, -0.15) is 5.10 Å². The van der Waals surface area contributed by atoms with Gasteiger partial charge in [-0.05, 0) is 61.5 Å². The predicted octanol–water partition coefficient (Wildman–Crippen LogP) is 3.04. The van der Waals surface area contributed by atoms with E-state index in [0.717, 1.165) is 11.1 Å². The van der Waals surface area contributed by atoms with E-state index in [4.69, 9.17) is 4.98 Å². The van der Waals surface area contributed by atoms with Gasteiger partial charge in [0.25, 0.3) is 11.8 Å². The molecule has 2 aromatic carbocycles. The van der Waals surface area contributed by atoms with Gasteiger partial charge >= 0.3 is 0 Å². The van der Waals surface area contributed by atoms with E-state index < -0.39 is 11.8 Å². The topological polar surface area (TPSA) is 133 Å². The minimum absolute atomic E-state index is 0.0511. The molecule has 5 aromatic rings. The number of hydrogen-bond acceptors (Lipinski definition) is 7. The molecule has 180 valence electrons. The molecule has 0 saturated heterocycles. The Bertz CT molecular complexity index is 1540. The zero-order valence-corrected chi connectivity index (χ0v) is 19.9. The van der Waals surface area contributed by atoms with Crippen molar-refractivity contribution in [1.29, 1.82) is 0 Å². The molecule has 5 rings (SSSR count). The zero-order chi connectivity index (χ0) is 25.2. The molecule has 36 heavy (non-hydrogen) atoms. The summed E-state index contributed by atoms with van der Waals surface area (Å²) < 4.78 is 3.25. The SMILES string of the molecule is Cc1ccc(-c2cc(C(=O)NNC(=O)c3ccc(-n4cnnn4)cc3)c3cnn(C(C)C)c3n2)cc1. The normalized spacial score (nSPS) is 11.1. The lowest BCUT2D eigenvalue weighted by molar-refractivity contribution is 0.0847. The Balaban J connectivity index is 1.40. The fourth-order valence-electron chi connectivity index (χ4n) is 3.75. The molecule has 0 radical (unpaired) electrons. The van der Waals surface area contributed by atoms with Crippen LogP contribution in [-0.2, 0) is 0 Å². The number of aromatic nitrogens is 7. The maximum absolute atomic E-state index is 13.2. The van der Waals surface area contributed by atoms with Gasteiger partial charge < -0.3 is 0 Å². The first kappa shape index (κ1) is 22.8. The number of hydrazine groups is 1. The van der Waals surface area contributed by atoms with Gasteiger partial charge in [0.1, 0.15) is 6.33 Å². The largest absolute Gasteiger partial charge is 0.270 e. The van der Waals surface area contributed by atoms with Crippen LogP contribution in [-0.4, -0.2) is 46.8 Å². The number of benzene rings is 2. The summed E-state index contributed by atoms with van der Waals surface area (Å²) in [6.45, 7) is 6.00. The first-order chi connectivity index (χ1) is 17.4. The molecule has 3 aromatic heterocycles. The summed E-state index contributed by atoms with van der Waals surface area (Å²) in [4.78, 5) is 30.6. The van der Waals surface area contributed by atoms with E-state index in [0.29, 0.717) is 33.5 Å². The van der Waals surface area contributed by atoms with Crippen molar-refractivity contribution in [3.8, 4) is 16.9 Å². The molecule has 0 saturated carbocycles. The van der Waals surface area contributed by atoms with Crippen molar-refractivity contribution in [3.05, 3.63) is 83.8 Å². The third-order valence-corrected chi connectivity index (χ3v) is 5.68. The van der Waals surface area contributed by atoms with Crippen LogP contribution < -0.4 is 10.9 Å². The average Bonchev–Trinajstić information content (AvgIpc) is 3.57. The molecule has 0 aliphatic carbocycles. The Morgan fingerprint density at radius 3 is 2.33 bits per heavy atom. The molecule has 0 aliphatic rings. The van der Waals surface area contributed by atoms with E-state index >= 15 is 0 Å². The van der Waals surface area contributed by atoms with Crippen molar-refractivity contribution in [2.24, 2.45) is 0 Å². The molecule has 0 unspecified atom stereocenters. The molecule has 0 fully saturated rings. The van der Waals surface area contributed by atoms with Crippen LogP contribution in [0.25, 0.3) is 28.0 Å². The Morgan fingerprint density at radius 2 is 1.67 bits per heavy atom. The number of aryl methyl sites for hydroxylation is 1. The quantitative estimate of drug-likeness (QED) is 0.369. The minimum atomic E-state index is -0.474. The molecule has 11 nitrogen and oxygen atoms in total. The lowest BCUT2D eigenvalue weighted by Gasteiger charge is -2.12. The Kier molecular flexibility index (Phi) is 5.95. The first-order valence-electron chi connectivity index (χ1n) is 11.3. The number of fused-ring (bicyclic) bond motifs is 1. The molecule has 0 spiro atoms. The first-order valence-corrected chi connectivity index (χ1v) is 11.3. The summed E-state index contributed by atoms with van der Waals surface area (Å²) in [7, 11) is 0. The van der Waals surface area contributed by atoms with E-state index in [1.54, 1.807) is 41.2 Å². The number of tetrazole rings is 1. The lowest BCUT2D eigenvalue weighted by Crippen LogP contribution is -2.41. The maximum atomic E-state index is 13.2. The predicted molar refractivity (Wildman–Crippen MR) is 132 cm³/mol. The van der Waals surface area contributed by atoms with E-state index in [-0.39, 0.29) is 6.04 Å². The van der Waals surface area contributed by atoms with Gasteiger partial charge in [0.05, 0.1) is 28.5 Å². The Morgan fingerprint density at radius 1 is 0.944 bits per heavy atom. The third kappa shape index (κ3) is 4.41. The number of carbonyl (C=O) groups is 2. The number of nitrogens with one attached hydrogen (secondary N) is 2. The maximum Gasteiger partial charge on any atom is 0.270 e. The van der Waals surface area contributed by atoms with E-state index in [2.05, 4.69) is 31.5 Å². The second-order valence-electron chi connectivity index (χ2n) is 8.55. The number of rotatable bonds is 5. The fourth-order valence-corrected chi connectivity index (χ4v) is 3.75. The van der Waals surface area contributed by atoms with Gasteiger partial charge in [-0.1, -0.05) is 29.8 Å². The van der Waals surface area contributed by atoms with E-state index in [9.17, 15) is 9.59 Å². The summed E-state index contributed by atoms with van der Waals surface area (Å²) in [5.74, 6) is -0.939. The van der Waals surface area contributed by atoms with Crippen molar-refractivity contribution in [3.63, 3.8) is 0 Å². The molecule has 2 amide bonds. The van der Waals surface area contributed by atoms with E-state index in [1.165, 1.54) is 11.0 Å². The fraction of sp³-hybridized carbons (Fsp3) is 0.160. The highest BCUT2D eigenvalue weighted by atomic mass is 16.2. The van der Waals surface area contributed by atoms with Gasteiger partial charge in [0.2, 0.25) is 0 Å². The highest BCUT2D eigenvalue weighted by Crippen LogP contribution is 2.26. The standard InChI is InChI=1S/C25H23N9O2/c1-15(2)34-23-21(13-27-34)20(12-22(28-23)17-6-4-16(3)5-7-17)25(36)30-29-24(35)18-8-10-19(11-9-18)33-14-26-31-32-33/h4-15H,1-3H3,(H,29,35)(H,30,36). The monoisotopic (exact) mass is 481 g/mol. The van der Waals surface area contributed by atoms with Crippen molar-refractivity contribution in [2.75, 3.05) is 0 Å². The molecular formula is C25H23N9O2. The van der Waals surface area contributed by atoms with Crippen molar-refractivity contribution >= 4 is 22.8 Å². The molecule has 2 N–H and O–H groups in total. The summed E-state index contributed by atoms with van der Waals surface area (Å²) in [5, 5.41) is 16.0. The zero-order valence-electron chi connectivity index (χ0n) is 19.9. The third-order valence-electron chi connectivity index (χ3n) is 5.68. The summed E-state index contributed by atoms with van der Waals surface area (Å²) in [5.41, 5.74) is 9.65. The van der Waals surface area contributed by atoms with Crippen molar-refractivity contribution in [1.82, 2.24) is 45.8 Å². The Hall–Kier alpha value is -4.93. The summed E-state index contributed by atoms with van der Waals surface area (Å²) in [6, 6.07) is 16.3. The Labute approximate surface area is 206 Å². The van der Waals surface area contributed by atoms with Gasteiger partial charge in [0, 0.05) is 17.2 Å². The van der Waals surface area contributed by atoms with E-state index in [1.807, 2.05) is 45.0 Å². The summed E-state index contributed by atoms with van der Waals surface area (Å²) in [6.07, 6.45) is 3.08. The van der Waals surface area contributed by atoms with Gasteiger partial charge in [-0.3, -0.25) is 20.4 Å². The highest BCUT2D eigenvalue weighted by Gasteiger charge is 2.19. The molecule has 11 heteroatoms. The smallest absolute Gasteiger partial charge is 0.267 e. The number of nitrogens with zero attached hydrogens (tertiary/aromatic N) is 7. The number of pyridine rings is 1. The van der Waals surface area contributed by atoms with Crippen LogP contribution in [0, 0.1) is 6.92 Å². The van der Waals surface area contributed by atoms with Gasteiger partial charge in [0.15, 0.2) is 5.65 Å². The van der Waals surface area contributed by atoms with Gasteiger partial charge in [-0.25, -0.2) is 14.3 Å². The second-order valence-corrected chi connectivity index (χ2v) is 8.55. The van der Waals surface area contributed by atoms with Crippen LogP contribution in [0.3, 0.4) is 0 Å². The average molecular weight is 482 g/mol. The summed E-state index contributed by atoms with van der Waals surface area (Å²) >= 11 is 0. The second kappa shape index (κ2) is 9.37. The molecular weight excluding hydrogens is 458 g/mol. The van der Waals surface area contributed by atoms with Crippen LogP contribution in [0.1, 0.15) is 46.2 Å². The van der Waals surface area contributed by atoms with Crippen LogP contribution in [0.15, 0.2) is 67.1 Å². The molecule has 0 aliphatic heterocycles. The van der Waals surface area contributed by atoms with Crippen molar-refractivity contribution in [2.45, 2.75) is 26.8 Å². The highest BCUT2D eigenvalue weighted by molar-refractivity contribution is 6.07. The molecule has 0 bridgehead atoms. The minimum Gasteiger partial charge on any atom is -0.267 e.